The normalized spacial score (nSPS) is 14.0. The molecule has 2 N–H and O–H groups in total. The fourth-order valence-electron chi connectivity index (χ4n) is 2.93. The number of anilines is 2. The second kappa shape index (κ2) is 8.54. The fraction of sp³-hybridized carbons (Fsp3) is 0.286. The van der Waals surface area contributed by atoms with E-state index in [4.69, 9.17) is 4.74 Å². The van der Waals surface area contributed by atoms with Crippen molar-refractivity contribution in [2.45, 2.75) is 13.3 Å². The van der Waals surface area contributed by atoms with Crippen LogP contribution in [0.2, 0.25) is 0 Å². The number of carbonyl (C=O) groups excluding carboxylic acids is 1. The highest BCUT2D eigenvalue weighted by atomic mass is 16.5. The summed E-state index contributed by atoms with van der Waals surface area (Å²) in [6.45, 7) is 8.88. The van der Waals surface area contributed by atoms with E-state index >= 15 is 0 Å². The maximum atomic E-state index is 11.1. The molecule has 0 atom stereocenters. The Balaban J connectivity index is 1.55. The van der Waals surface area contributed by atoms with Crippen LogP contribution in [0.1, 0.15) is 18.1 Å². The molecule has 0 aliphatic carbocycles. The highest BCUT2D eigenvalue weighted by molar-refractivity contribution is 5.88. The van der Waals surface area contributed by atoms with Crippen molar-refractivity contribution in [1.82, 2.24) is 4.90 Å². The van der Waals surface area contributed by atoms with Crippen molar-refractivity contribution in [3.63, 3.8) is 0 Å². The summed E-state index contributed by atoms with van der Waals surface area (Å²) in [5.74, 6) is 0.856. The average molecular weight is 351 g/mol. The minimum Gasteiger partial charge on any atom is -0.378 e. The predicted octanol–water partition coefficient (Wildman–Crippen LogP) is 3.45. The topological polar surface area (TPSA) is 53.6 Å². The van der Waals surface area contributed by atoms with Crippen LogP contribution in [0, 0.1) is 0 Å². The van der Waals surface area contributed by atoms with Crippen LogP contribution in [0.5, 0.6) is 0 Å². The fourth-order valence-corrected chi connectivity index (χ4v) is 2.93. The Hall–Kier alpha value is -2.79. The standard InChI is InChI=1S/C21H25N3O2/c1-16(24-11-13-26-14-12-24)22-20-7-3-18(4-8-20)15-19-5-9-21(10-6-19)23-17(2)25/h3-10,22H,1,11-15H2,2H3,(H,23,25). The third-order valence-corrected chi connectivity index (χ3v) is 4.32. The number of carbonyl (C=O) groups is 1. The van der Waals surface area contributed by atoms with Crippen LogP contribution in [0.4, 0.5) is 11.4 Å². The summed E-state index contributed by atoms with van der Waals surface area (Å²) >= 11 is 0. The van der Waals surface area contributed by atoms with E-state index < -0.39 is 0 Å². The van der Waals surface area contributed by atoms with Crippen LogP contribution >= 0.6 is 0 Å². The number of benzene rings is 2. The third kappa shape index (κ3) is 5.10. The van der Waals surface area contributed by atoms with Crippen molar-refractivity contribution in [2.24, 2.45) is 0 Å². The minimum absolute atomic E-state index is 0.0560. The van der Waals surface area contributed by atoms with Gasteiger partial charge in [0.2, 0.25) is 5.91 Å². The molecule has 0 saturated carbocycles. The number of morpholine rings is 1. The largest absolute Gasteiger partial charge is 0.378 e. The van der Waals surface area contributed by atoms with Crippen LogP contribution in [0.3, 0.4) is 0 Å². The molecule has 1 saturated heterocycles. The maximum absolute atomic E-state index is 11.1. The van der Waals surface area contributed by atoms with Gasteiger partial charge in [-0.25, -0.2) is 0 Å². The summed E-state index contributed by atoms with van der Waals surface area (Å²) in [4.78, 5) is 13.3. The average Bonchev–Trinajstić information content (AvgIpc) is 2.65. The Morgan fingerprint density at radius 3 is 1.96 bits per heavy atom. The van der Waals surface area contributed by atoms with E-state index in [1.165, 1.54) is 18.1 Å². The molecule has 0 bridgehead atoms. The highest BCUT2D eigenvalue weighted by Crippen LogP contribution is 2.17. The van der Waals surface area contributed by atoms with Gasteiger partial charge in [-0.1, -0.05) is 30.8 Å². The Bertz CT molecular complexity index is 748. The lowest BCUT2D eigenvalue weighted by atomic mass is 10.0. The molecule has 1 amide bonds. The molecule has 0 radical (unpaired) electrons. The third-order valence-electron chi connectivity index (χ3n) is 4.32. The van der Waals surface area contributed by atoms with Gasteiger partial charge in [-0.15, -0.1) is 0 Å². The zero-order valence-corrected chi connectivity index (χ0v) is 15.1. The summed E-state index contributed by atoms with van der Waals surface area (Å²) in [6, 6.07) is 16.3. The first-order valence-electron chi connectivity index (χ1n) is 8.84. The Kier molecular flexibility index (Phi) is 5.92. The van der Waals surface area contributed by atoms with Crippen molar-refractivity contribution in [1.29, 1.82) is 0 Å². The first kappa shape index (κ1) is 18.0. The van der Waals surface area contributed by atoms with Gasteiger partial charge in [0.1, 0.15) is 0 Å². The van der Waals surface area contributed by atoms with E-state index in [9.17, 15) is 4.79 Å². The number of hydrogen-bond acceptors (Lipinski definition) is 4. The molecule has 1 fully saturated rings. The Morgan fingerprint density at radius 1 is 0.962 bits per heavy atom. The van der Waals surface area contributed by atoms with Crippen molar-refractivity contribution >= 4 is 17.3 Å². The number of amides is 1. The van der Waals surface area contributed by atoms with E-state index in [1.54, 1.807) is 0 Å². The quantitative estimate of drug-likeness (QED) is 0.837. The van der Waals surface area contributed by atoms with Gasteiger partial charge in [0, 0.05) is 31.4 Å². The first-order chi connectivity index (χ1) is 12.6. The zero-order valence-electron chi connectivity index (χ0n) is 15.1. The summed E-state index contributed by atoms with van der Waals surface area (Å²) in [6.07, 6.45) is 0.852. The number of ether oxygens (including phenoxy) is 1. The first-order valence-corrected chi connectivity index (χ1v) is 8.84. The molecule has 1 aliphatic rings. The number of hydrogen-bond donors (Lipinski definition) is 2. The summed E-state index contributed by atoms with van der Waals surface area (Å²) in [7, 11) is 0. The molecular weight excluding hydrogens is 326 g/mol. The van der Waals surface area contributed by atoms with Gasteiger partial charge < -0.3 is 20.3 Å². The highest BCUT2D eigenvalue weighted by Gasteiger charge is 2.12. The molecule has 3 rings (SSSR count). The second-order valence-electron chi connectivity index (χ2n) is 6.42. The minimum atomic E-state index is -0.0560. The van der Waals surface area contributed by atoms with Crippen molar-refractivity contribution < 1.29 is 9.53 Å². The van der Waals surface area contributed by atoms with E-state index in [0.29, 0.717) is 0 Å². The van der Waals surface area contributed by atoms with E-state index in [2.05, 4.69) is 46.4 Å². The van der Waals surface area contributed by atoms with E-state index in [-0.39, 0.29) is 5.91 Å². The van der Waals surface area contributed by atoms with E-state index in [0.717, 1.165) is 49.9 Å². The molecule has 0 aromatic heterocycles. The predicted molar refractivity (Wildman–Crippen MR) is 105 cm³/mol. The lowest BCUT2D eigenvalue weighted by Gasteiger charge is -2.30. The summed E-state index contributed by atoms with van der Waals surface area (Å²) in [5, 5.41) is 6.15. The summed E-state index contributed by atoms with van der Waals surface area (Å²) < 4.78 is 5.37. The summed E-state index contributed by atoms with van der Waals surface area (Å²) in [5.41, 5.74) is 4.30. The van der Waals surface area contributed by atoms with Crippen LogP contribution in [0.25, 0.3) is 0 Å². The molecule has 136 valence electrons. The number of rotatable bonds is 6. The molecule has 0 spiro atoms. The lowest BCUT2D eigenvalue weighted by Crippen LogP contribution is -2.37. The number of nitrogens with zero attached hydrogens (tertiary/aromatic N) is 1. The lowest BCUT2D eigenvalue weighted by molar-refractivity contribution is -0.114. The molecule has 2 aromatic rings. The van der Waals surface area contributed by atoms with Crippen LogP contribution in [-0.4, -0.2) is 37.1 Å². The SMILES string of the molecule is C=C(Nc1ccc(Cc2ccc(NC(C)=O)cc2)cc1)N1CCOCC1. The second-order valence-corrected chi connectivity index (χ2v) is 6.42. The van der Waals surface area contributed by atoms with Gasteiger partial charge >= 0.3 is 0 Å². The molecule has 1 aliphatic heterocycles. The van der Waals surface area contributed by atoms with Crippen molar-refractivity contribution in [2.75, 3.05) is 36.9 Å². The van der Waals surface area contributed by atoms with E-state index in [1.807, 2.05) is 24.3 Å². The molecule has 2 aromatic carbocycles. The Labute approximate surface area is 154 Å². The maximum Gasteiger partial charge on any atom is 0.221 e. The molecule has 1 heterocycles. The zero-order chi connectivity index (χ0) is 18.4. The smallest absolute Gasteiger partial charge is 0.221 e. The molecular formula is C21H25N3O2. The van der Waals surface area contributed by atoms with Gasteiger partial charge in [-0.2, -0.15) is 0 Å². The van der Waals surface area contributed by atoms with Crippen molar-refractivity contribution in [3.05, 3.63) is 72.1 Å². The van der Waals surface area contributed by atoms with Crippen LogP contribution in [-0.2, 0) is 16.0 Å². The van der Waals surface area contributed by atoms with Gasteiger partial charge in [-0.3, -0.25) is 4.79 Å². The van der Waals surface area contributed by atoms with Crippen LogP contribution in [0.15, 0.2) is 60.9 Å². The molecule has 5 nitrogen and oxygen atoms in total. The molecule has 5 heteroatoms. The monoisotopic (exact) mass is 351 g/mol. The van der Waals surface area contributed by atoms with Gasteiger partial charge in [-0.05, 0) is 41.8 Å². The van der Waals surface area contributed by atoms with Crippen molar-refractivity contribution in [3.8, 4) is 0 Å². The van der Waals surface area contributed by atoms with Crippen LogP contribution < -0.4 is 10.6 Å². The number of nitrogens with one attached hydrogen (secondary N) is 2. The van der Waals surface area contributed by atoms with Gasteiger partial charge in [0.25, 0.3) is 0 Å². The molecule has 26 heavy (non-hydrogen) atoms. The van der Waals surface area contributed by atoms with Gasteiger partial charge in [0.15, 0.2) is 0 Å². The Morgan fingerprint density at radius 2 is 1.46 bits per heavy atom. The molecule has 0 unspecified atom stereocenters. The van der Waals surface area contributed by atoms with Gasteiger partial charge in [0.05, 0.1) is 19.0 Å².